The van der Waals surface area contributed by atoms with Crippen LogP contribution in [-0.2, 0) is 9.53 Å². The lowest BCUT2D eigenvalue weighted by atomic mass is 9.78. The molecule has 1 saturated heterocycles. The third-order valence-electron chi connectivity index (χ3n) is 6.32. The quantitative estimate of drug-likeness (QED) is 0.683. The van der Waals surface area contributed by atoms with Crippen molar-refractivity contribution >= 4 is 11.6 Å². The van der Waals surface area contributed by atoms with E-state index in [0.29, 0.717) is 19.1 Å². The zero-order chi connectivity index (χ0) is 20.7. The lowest BCUT2D eigenvalue weighted by Gasteiger charge is -2.38. The van der Waals surface area contributed by atoms with E-state index >= 15 is 0 Å². The molecule has 29 heavy (non-hydrogen) atoms. The summed E-state index contributed by atoms with van der Waals surface area (Å²) in [6.07, 6.45) is 6.43. The highest BCUT2D eigenvalue weighted by Gasteiger charge is 2.42. The van der Waals surface area contributed by atoms with Crippen LogP contribution in [0.4, 0.5) is 5.69 Å². The highest BCUT2D eigenvalue weighted by Crippen LogP contribution is 2.36. The summed E-state index contributed by atoms with van der Waals surface area (Å²) in [6.45, 7) is 11.1. The van der Waals surface area contributed by atoms with E-state index < -0.39 is 5.60 Å². The van der Waals surface area contributed by atoms with Gasteiger partial charge in [-0.25, -0.2) is 0 Å². The molecule has 5 heteroatoms. The molecule has 1 aromatic carbocycles. The molecule has 1 saturated carbocycles. The maximum Gasteiger partial charge on any atom is 0.256 e. The van der Waals surface area contributed by atoms with Crippen molar-refractivity contribution in [1.82, 2.24) is 4.90 Å². The molecule has 1 aromatic rings. The average Bonchev–Trinajstić information content (AvgIpc) is 2.69. The van der Waals surface area contributed by atoms with Gasteiger partial charge in [-0.1, -0.05) is 20.3 Å². The van der Waals surface area contributed by atoms with E-state index in [1.807, 2.05) is 31.2 Å². The first-order valence-electron chi connectivity index (χ1n) is 11.4. The van der Waals surface area contributed by atoms with Gasteiger partial charge in [0.05, 0.1) is 0 Å². The van der Waals surface area contributed by atoms with Crippen molar-refractivity contribution in [3.8, 4) is 5.75 Å². The smallest absolute Gasteiger partial charge is 0.256 e. The van der Waals surface area contributed by atoms with E-state index in [1.54, 1.807) is 0 Å². The molecule has 2 fully saturated rings. The Morgan fingerprint density at radius 3 is 2.62 bits per heavy atom. The fourth-order valence-corrected chi connectivity index (χ4v) is 4.84. The summed E-state index contributed by atoms with van der Waals surface area (Å²) < 4.78 is 11.9. The Morgan fingerprint density at radius 2 is 1.93 bits per heavy atom. The Labute approximate surface area is 176 Å². The number of benzene rings is 1. The minimum Gasteiger partial charge on any atom is -0.492 e. The Bertz CT molecular complexity index is 644. The maximum atomic E-state index is 13.0. The maximum absolute atomic E-state index is 13.0. The molecule has 1 heterocycles. The molecule has 1 aliphatic carbocycles. The molecule has 1 aliphatic heterocycles. The number of hydrogen-bond donors (Lipinski definition) is 1. The van der Waals surface area contributed by atoms with Gasteiger partial charge < -0.3 is 14.8 Å². The number of hydrogen-bond acceptors (Lipinski definition) is 4. The molecule has 0 unspecified atom stereocenters. The summed E-state index contributed by atoms with van der Waals surface area (Å²) in [6, 6.07) is 7.71. The van der Waals surface area contributed by atoms with Crippen molar-refractivity contribution in [1.29, 1.82) is 0 Å². The summed E-state index contributed by atoms with van der Waals surface area (Å²) in [5.74, 6) is 2.14. The molecule has 1 amide bonds. The molecule has 3 atom stereocenters. The predicted molar refractivity (Wildman–Crippen MR) is 117 cm³/mol. The van der Waals surface area contributed by atoms with Gasteiger partial charge in [0.15, 0.2) is 0 Å². The lowest BCUT2D eigenvalue weighted by molar-refractivity contribution is -0.147. The Kier molecular flexibility index (Phi) is 7.96. The third kappa shape index (κ3) is 6.19. The Balaban J connectivity index is 1.49. The predicted octanol–water partition coefficient (Wildman–Crippen LogP) is 4.72. The van der Waals surface area contributed by atoms with E-state index in [2.05, 4.69) is 24.1 Å². The van der Waals surface area contributed by atoms with Crippen LogP contribution in [0.1, 0.15) is 59.3 Å². The van der Waals surface area contributed by atoms with Crippen LogP contribution in [0, 0.1) is 11.8 Å². The number of ether oxygens (including phenoxy) is 2. The van der Waals surface area contributed by atoms with E-state index in [0.717, 1.165) is 43.2 Å². The third-order valence-corrected chi connectivity index (χ3v) is 6.32. The summed E-state index contributed by atoms with van der Waals surface area (Å²) in [7, 11) is 0. The lowest BCUT2D eigenvalue weighted by Crippen LogP contribution is -2.48. The second kappa shape index (κ2) is 10.4. The van der Waals surface area contributed by atoms with Gasteiger partial charge in [0, 0.05) is 25.4 Å². The van der Waals surface area contributed by atoms with E-state index in [1.165, 1.54) is 32.4 Å². The van der Waals surface area contributed by atoms with Gasteiger partial charge >= 0.3 is 0 Å². The van der Waals surface area contributed by atoms with Gasteiger partial charge in [-0.2, -0.15) is 0 Å². The van der Waals surface area contributed by atoms with Crippen LogP contribution < -0.4 is 10.1 Å². The van der Waals surface area contributed by atoms with Crippen LogP contribution in [-0.4, -0.2) is 49.3 Å². The number of likely N-dealkylation sites (tertiary alicyclic amines) is 1. The number of rotatable bonds is 8. The summed E-state index contributed by atoms with van der Waals surface area (Å²) in [4.78, 5) is 15.5. The van der Waals surface area contributed by atoms with Crippen LogP contribution in [0.2, 0.25) is 0 Å². The topological polar surface area (TPSA) is 50.8 Å². The monoisotopic (exact) mass is 402 g/mol. The van der Waals surface area contributed by atoms with Crippen LogP contribution >= 0.6 is 0 Å². The minimum absolute atomic E-state index is 0.0150. The van der Waals surface area contributed by atoms with Gasteiger partial charge in [0.25, 0.3) is 5.91 Å². The normalized spacial score (nSPS) is 28.1. The molecular formula is C24H38N2O3. The van der Waals surface area contributed by atoms with Crippen LogP contribution in [0.15, 0.2) is 24.3 Å². The second-order valence-electron chi connectivity index (χ2n) is 9.00. The molecule has 3 rings (SSSR count). The average molecular weight is 403 g/mol. The van der Waals surface area contributed by atoms with Crippen molar-refractivity contribution in [3.05, 3.63) is 24.3 Å². The summed E-state index contributed by atoms with van der Waals surface area (Å²) >= 11 is 0. The fourth-order valence-electron chi connectivity index (χ4n) is 4.84. The van der Waals surface area contributed by atoms with E-state index in [-0.39, 0.29) is 5.91 Å². The first kappa shape index (κ1) is 22.1. The minimum atomic E-state index is -0.687. The molecule has 0 radical (unpaired) electrons. The largest absolute Gasteiger partial charge is 0.492 e. The standard InChI is InChI=1S/C24H38N2O3/c1-4-29-24(13-5-7-19(2)17-24)23(27)25-21-9-11-22(12-10-21)28-16-15-26-14-6-8-20(3)18-26/h9-12,19-20H,4-8,13-18H2,1-3H3,(H,25,27)/t19-,20-,24+/m0/s1. The SMILES string of the molecule is CCO[C@]1(C(=O)Nc2ccc(OCCN3CCC[C@H](C)C3)cc2)CCC[C@H](C)C1. The van der Waals surface area contributed by atoms with Crippen LogP contribution in [0.5, 0.6) is 5.75 Å². The van der Waals surface area contributed by atoms with Crippen molar-refractivity contribution in [2.75, 3.05) is 38.2 Å². The van der Waals surface area contributed by atoms with E-state index in [9.17, 15) is 4.79 Å². The Hall–Kier alpha value is -1.59. The molecule has 1 N–H and O–H groups in total. The summed E-state index contributed by atoms with van der Waals surface area (Å²) in [5.41, 5.74) is 0.109. The van der Waals surface area contributed by atoms with Crippen molar-refractivity contribution < 1.29 is 14.3 Å². The summed E-state index contributed by atoms with van der Waals surface area (Å²) in [5, 5.41) is 3.07. The van der Waals surface area contributed by atoms with Gasteiger partial charge in [-0.3, -0.25) is 9.69 Å². The number of nitrogens with one attached hydrogen (secondary N) is 1. The Morgan fingerprint density at radius 1 is 1.17 bits per heavy atom. The molecule has 162 valence electrons. The fraction of sp³-hybridized carbons (Fsp3) is 0.708. The molecule has 0 aromatic heterocycles. The molecule has 5 nitrogen and oxygen atoms in total. The van der Waals surface area contributed by atoms with Gasteiger partial charge in [0.2, 0.25) is 0 Å². The van der Waals surface area contributed by atoms with Crippen molar-refractivity contribution in [2.45, 2.75) is 64.9 Å². The molecule has 0 spiro atoms. The number of amides is 1. The van der Waals surface area contributed by atoms with Crippen molar-refractivity contribution in [2.24, 2.45) is 11.8 Å². The van der Waals surface area contributed by atoms with Crippen LogP contribution in [0.25, 0.3) is 0 Å². The first-order chi connectivity index (χ1) is 14.0. The number of carbonyl (C=O) groups is 1. The first-order valence-corrected chi connectivity index (χ1v) is 11.4. The van der Waals surface area contributed by atoms with Gasteiger partial charge in [-0.15, -0.1) is 0 Å². The molecule has 2 aliphatic rings. The van der Waals surface area contributed by atoms with E-state index in [4.69, 9.17) is 9.47 Å². The van der Waals surface area contributed by atoms with Gasteiger partial charge in [-0.05, 0) is 81.7 Å². The number of anilines is 1. The highest BCUT2D eigenvalue weighted by atomic mass is 16.5. The number of piperidine rings is 1. The zero-order valence-corrected chi connectivity index (χ0v) is 18.4. The zero-order valence-electron chi connectivity index (χ0n) is 18.4. The number of carbonyl (C=O) groups excluding carboxylic acids is 1. The molecule has 0 bridgehead atoms. The molecular weight excluding hydrogens is 364 g/mol. The van der Waals surface area contributed by atoms with Crippen LogP contribution in [0.3, 0.4) is 0 Å². The van der Waals surface area contributed by atoms with Crippen molar-refractivity contribution in [3.63, 3.8) is 0 Å². The highest BCUT2D eigenvalue weighted by molar-refractivity contribution is 5.97. The number of nitrogens with zero attached hydrogens (tertiary/aromatic N) is 1. The van der Waals surface area contributed by atoms with Gasteiger partial charge in [0.1, 0.15) is 18.0 Å². The second-order valence-corrected chi connectivity index (χ2v) is 9.00.